The Labute approximate surface area is 146 Å². The number of hydrogen-bond donors (Lipinski definition) is 0. The molecule has 0 unspecified atom stereocenters. The molecule has 0 aromatic heterocycles. The van der Waals surface area contributed by atoms with Crippen molar-refractivity contribution < 1.29 is 14.3 Å². The molecule has 0 N–H and O–H groups in total. The van der Waals surface area contributed by atoms with E-state index in [0.717, 1.165) is 31.4 Å². The summed E-state index contributed by atoms with van der Waals surface area (Å²) < 4.78 is 11.6. The maximum Gasteiger partial charge on any atom is 0.344 e. The predicted molar refractivity (Wildman–Crippen MR) is 97.2 cm³/mol. The van der Waals surface area contributed by atoms with Crippen LogP contribution in [0.3, 0.4) is 0 Å². The van der Waals surface area contributed by atoms with Crippen molar-refractivity contribution in [3.63, 3.8) is 0 Å². The van der Waals surface area contributed by atoms with Crippen molar-refractivity contribution >= 4 is 29.5 Å². The quantitative estimate of drug-likeness (QED) is 0.711. The minimum Gasteiger partial charge on any atom is -0.482 e. The molecular weight excluding hydrogens is 328 g/mol. The molecular formula is C18H24O3S2. The SMILES string of the molecule is O=C(COc1ccc(C2SCCCS2)cc1)OC1CCCCC1. The van der Waals surface area contributed by atoms with Crippen LogP contribution in [0.2, 0.25) is 0 Å². The number of thioether (sulfide) groups is 2. The van der Waals surface area contributed by atoms with E-state index >= 15 is 0 Å². The van der Waals surface area contributed by atoms with Crippen LogP contribution in [0.5, 0.6) is 5.75 Å². The molecule has 3 nitrogen and oxygen atoms in total. The number of rotatable bonds is 5. The van der Waals surface area contributed by atoms with E-state index in [2.05, 4.69) is 12.1 Å². The lowest BCUT2D eigenvalue weighted by molar-refractivity contribution is -0.152. The first-order valence-corrected chi connectivity index (χ1v) is 10.6. The topological polar surface area (TPSA) is 35.5 Å². The molecule has 1 saturated heterocycles. The standard InChI is InChI=1S/C18H24O3S2/c19-17(21-16-5-2-1-3-6-16)13-20-15-9-7-14(8-10-15)18-22-11-4-12-23-18/h7-10,16,18H,1-6,11-13H2. The molecule has 1 aliphatic heterocycles. The van der Waals surface area contributed by atoms with E-state index in [1.54, 1.807) is 0 Å². The minimum atomic E-state index is -0.251. The van der Waals surface area contributed by atoms with E-state index < -0.39 is 0 Å². The highest BCUT2D eigenvalue weighted by Crippen LogP contribution is 2.43. The largest absolute Gasteiger partial charge is 0.482 e. The van der Waals surface area contributed by atoms with E-state index in [9.17, 15) is 4.79 Å². The van der Waals surface area contributed by atoms with Gasteiger partial charge in [0.05, 0.1) is 4.58 Å². The van der Waals surface area contributed by atoms with Crippen molar-refractivity contribution in [1.29, 1.82) is 0 Å². The van der Waals surface area contributed by atoms with Gasteiger partial charge in [0.15, 0.2) is 6.61 Å². The van der Waals surface area contributed by atoms with Gasteiger partial charge in [-0.3, -0.25) is 0 Å². The second-order valence-electron chi connectivity index (χ2n) is 6.03. The number of benzene rings is 1. The third kappa shape index (κ3) is 5.35. The van der Waals surface area contributed by atoms with Crippen molar-refractivity contribution in [2.45, 2.75) is 49.2 Å². The molecule has 2 fully saturated rings. The number of carbonyl (C=O) groups is 1. The molecule has 1 heterocycles. The van der Waals surface area contributed by atoms with Gasteiger partial charge in [-0.2, -0.15) is 0 Å². The van der Waals surface area contributed by atoms with Crippen LogP contribution in [0.15, 0.2) is 24.3 Å². The van der Waals surface area contributed by atoms with Crippen LogP contribution in [0.1, 0.15) is 48.7 Å². The molecule has 1 aromatic carbocycles. The van der Waals surface area contributed by atoms with Crippen LogP contribution in [0.4, 0.5) is 0 Å². The van der Waals surface area contributed by atoms with Gasteiger partial charge in [0.25, 0.3) is 0 Å². The van der Waals surface area contributed by atoms with Gasteiger partial charge in [-0.05, 0) is 61.3 Å². The second kappa shape index (κ2) is 8.88. The zero-order valence-electron chi connectivity index (χ0n) is 13.4. The highest BCUT2D eigenvalue weighted by Gasteiger charge is 2.18. The Morgan fingerprint density at radius 3 is 2.39 bits per heavy atom. The maximum absolute atomic E-state index is 11.8. The fourth-order valence-corrected chi connectivity index (χ4v) is 5.84. The second-order valence-corrected chi connectivity index (χ2v) is 8.76. The van der Waals surface area contributed by atoms with Gasteiger partial charge in [0.2, 0.25) is 0 Å². The van der Waals surface area contributed by atoms with Crippen LogP contribution in [0, 0.1) is 0 Å². The van der Waals surface area contributed by atoms with Crippen LogP contribution < -0.4 is 4.74 Å². The summed E-state index contributed by atoms with van der Waals surface area (Å²) in [7, 11) is 0. The van der Waals surface area contributed by atoms with Crippen LogP contribution >= 0.6 is 23.5 Å². The van der Waals surface area contributed by atoms with E-state index in [0.29, 0.717) is 4.58 Å². The van der Waals surface area contributed by atoms with Crippen molar-refractivity contribution in [3.05, 3.63) is 29.8 Å². The zero-order valence-corrected chi connectivity index (χ0v) is 15.0. The molecule has 0 spiro atoms. The monoisotopic (exact) mass is 352 g/mol. The predicted octanol–water partition coefficient (Wildman–Crippen LogP) is 4.81. The molecule has 0 radical (unpaired) electrons. The number of hydrogen-bond acceptors (Lipinski definition) is 5. The van der Waals surface area contributed by atoms with Gasteiger partial charge in [0.1, 0.15) is 11.9 Å². The summed E-state index contributed by atoms with van der Waals surface area (Å²) in [5.41, 5.74) is 1.33. The first kappa shape index (κ1) is 17.0. The molecule has 2 aliphatic rings. The zero-order chi connectivity index (χ0) is 15.9. The summed E-state index contributed by atoms with van der Waals surface area (Å²) in [6.45, 7) is 0.00275. The normalized spacial score (nSPS) is 20.2. The molecule has 126 valence electrons. The summed E-state index contributed by atoms with van der Waals surface area (Å²) in [6.07, 6.45) is 6.98. The molecule has 5 heteroatoms. The van der Waals surface area contributed by atoms with Crippen LogP contribution in [-0.4, -0.2) is 30.2 Å². The van der Waals surface area contributed by atoms with Gasteiger partial charge < -0.3 is 9.47 Å². The van der Waals surface area contributed by atoms with E-state index in [1.807, 2.05) is 35.7 Å². The molecule has 23 heavy (non-hydrogen) atoms. The van der Waals surface area contributed by atoms with Gasteiger partial charge in [-0.25, -0.2) is 4.79 Å². The van der Waals surface area contributed by atoms with E-state index in [-0.39, 0.29) is 18.7 Å². The summed E-state index contributed by atoms with van der Waals surface area (Å²) in [5.74, 6) is 2.96. The molecule has 3 rings (SSSR count). The average Bonchev–Trinajstić information content (AvgIpc) is 2.62. The Bertz CT molecular complexity index is 491. The van der Waals surface area contributed by atoms with E-state index in [1.165, 1.54) is 29.9 Å². The molecule has 1 aliphatic carbocycles. The summed E-state index contributed by atoms with van der Waals surface area (Å²) >= 11 is 4.02. The Balaban J connectivity index is 1.43. The molecule has 1 saturated carbocycles. The van der Waals surface area contributed by atoms with Crippen LogP contribution in [0.25, 0.3) is 0 Å². The molecule has 0 amide bonds. The number of carbonyl (C=O) groups excluding carboxylic acids is 1. The van der Waals surface area contributed by atoms with Crippen molar-refractivity contribution in [1.82, 2.24) is 0 Å². The van der Waals surface area contributed by atoms with E-state index in [4.69, 9.17) is 9.47 Å². The van der Waals surface area contributed by atoms with Gasteiger partial charge in [0, 0.05) is 0 Å². The Morgan fingerprint density at radius 1 is 1.00 bits per heavy atom. The third-order valence-corrected chi connectivity index (χ3v) is 7.20. The lowest BCUT2D eigenvalue weighted by Crippen LogP contribution is -2.24. The van der Waals surface area contributed by atoms with Crippen molar-refractivity contribution in [2.24, 2.45) is 0 Å². The highest BCUT2D eigenvalue weighted by atomic mass is 32.2. The number of ether oxygens (including phenoxy) is 2. The smallest absolute Gasteiger partial charge is 0.344 e. The summed E-state index contributed by atoms with van der Waals surface area (Å²) in [4.78, 5) is 11.8. The third-order valence-electron chi connectivity index (χ3n) is 4.19. The molecule has 0 bridgehead atoms. The first-order chi connectivity index (χ1) is 11.3. The van der Waals surface area contributed by atoms with Crippen LogP contribution in [-0.2, 0) is 9.53 Å². The Kier molecular flexibility index (Phi) is 6.57. The Morgan fingerprint density at radius 2 is 1.70 bits per heavy atom. The fraction of sp³-hybridized carbons (Fsp3) is 0.611. The highest BCUT2D eigenvalue weighted by molar-refractivity contribution is 8.16. The lowest BCUT2D eigenvalue weighted by Gasteiger charge is -2.22. The van der Waals surface area contributed by atoms with Crippen molar-refractivity contribution in [2.75, 3.05) is 18.1 Å². The average molecular weight is 353 g/mol. The number of esters is 1. The Hall–Kier alpha value is -0.810. The summed E-state index contributed by atoms with van der Waals surface area (Å²) in [6, 6.07) is 8.13. The van der Waals surface area contributed by atoms with Gasteiger partial charge in [-0.15, -0.1) is 23.5 Å². The minimum absolute atomic E-state index is 0.00275. The van der Waals surface area contributed by atoms with Gasteiger partial charge in [-0.1, -0.05) is 18.6 Å². The summed E-state index contributed by atoms with van der Waals surface area (Å²) in [5, 5.41) is 0. The van der Waals surface area contributed by atoms with Gasteiger partial charge >= 0.3 is 5.97 Å². The molecule has 0 atom stereocenters. The van der Waals surface area contributed by atoms with Crippen molar-refractivity contribution in [3.8, 4) is 5.75 Å². The maximum atomic E-state index is 11.8. The molecule has 1 aromatic rings. The fourth-order valence-electron chi connectivity index (χ4n) is 2.95. The lowest BCUT2D eigenvalue weighted by atomic mass is 9.98. The first-order valence-electron chi connectivity index (χ1n) is 8.47.